The molecule has 13 heavy (non-hydrogen) atoms. The maximum absolute atomic E-state index is 9.50. The summed E-state index contributed by atoms with van der Waals surface area (Å²) in [7, 11) is 0. The van der Waals surface area contributed by atoms with Crippen LogP contribution in [0.4, 0.5) is 0 Å². The Hall–Kier alpha value is -1.03. The number of aliphatic hydroxyl groups excluding tert-OH is 1. The van der Waals surface area contributed by atoms with E-state index in [1.807, 2.05) is 0 Å². The standard InChI is InChI=1S/C9H16N2O2/c1-2-3-4-8(12)6-11-7-9(13)5-10-11/h5,7-8,12-13H,2-4,6H2,1H3. The summed E-state index contributed by atoms with van der Waals surface area (Å²) in [5.74, 6) is 0.141. The Morgan fingerprint density at radius 1 is 1.62 bits per heavy atom. The molecule has 4 heteroatoms. The Bertz CT molecular complexity index is 248. The van der Waals surface area contributed by atoms with Crippen LogP contribution in [0.1, 0.15) is 26.2 Å². The molecule has 0 saturated heterocycles. The summed E-state index contributed by atoms with van der Waals surface area (Å²) in [6.45, 7) is 2.55. The van der Waals surface area contributed by atoms with Crippen LogP contribution in [0, 0.1) is 0 Å². The van der Waals surface area contributed by atoms with E-state index in [1.165, 1.54) is 12.4 Å². The van der Waals surface area contributed by atoms with Gasteiger partial charge in [0.2, 0.25) is 0 Å². The molecule has 2 N–H and O–H groups in total. The van der Waals surface area contributed by atoms with E-state index in [0.717, 1.165) is 19.3 Å². The number of nitrogens with zero attached hydrogens (tertiary/aromatic N) is 2. The van der Waals surface area contributed by atoms with Gasteiger partial charge in [0, 0.05) is 0 Å². The first-order chi connectivity index (χ1) is 6.22. The second kappa shape index (κ2) is 4.87. The molecule has 1 heterocycles. The highest BCUT2D eigenvalue weighted by molar-refractivity contribution is 5.08. The molecule has 1 rings (SSSR count). The van der Waals surface area contributed by atoms with Gasteiger partial charge in [-0.25, -0.2) is 0 Å². The lowest BCUT2D eigenvalue weighted by molar-refractivity contribution is 0.137. The van der Waals surface area contributed by atoms with Gasteiger partial charge in [0.1, 0.15) is 0 Å². The Kier molecular flexibility index (Phi) is 3.76. The average Bonchev–Trinajstić information content (AvgIpc) is 2.48. The SMILES string of the molecule is CCCCC(O)Cn1cc(O)cn1. The molecule has 0 aliphatic heterocycles. The fourth-order valence-electron chi connectivity index (χ4n) is 1.20. The maximum Gasteiger partial charge on any atom is 0.153 e. The molecule has 1 aromatic heterocycles. The van der Waals surface area contributed by atoms with Crippen molar-refractivity contribution in [2.24, 2.45) is 0 Å². The van der Waals surface area contributed by atoms with Crippen LogP contribution in [0.2, 0.25) is 0 Å². The Labute approximate surface area is 77.8 Å². The van der Waals surface area contributed by atoms with E-state index < -0.39 is 0 Å². The highest BCUT2D eigenvalue weighted by Crippen LogP contribution is 2.07. The van der Waals surface area contributed by atoms with Crippen molar-refractivity contribution in [3.05, 3.63) is 12.4 Å². The lowest BCUT2D eigenvalue weighted by Gasteiger charge is -2.08. The fraction of sp³-hybridized carbons (Fsp3) is 0.667. The third-order valence-electron chi connectivity index (χ3n) is 1.91. The van der Waals surface area contributed by atoms with Gasteiger partial charge < -0.3 is 10.2 Å². The highest BCUT2D eigenvalue weighted by atomic mass is 16.3. The van der Waals surface area contributed by atoms with E-state index >= 15 is 0 Å². The van der Waals surface area contributed by atoms with Crippen molar-refractivity contribution in [1.82, 2.24) is 9.78 Å². The molecule has 1 unspecified atom stereocenters. The fourth-order valence-corrected chi connectivity index (χ4v) is 1.20. The van der Waals surface area contributed by atoms with E-state index in [4.69, 9.17) is 5.11 Å². The molecule has 0 radical (unpaired) electrons. The molecule has 0 aromatic carbocycles. The van der Waals surface area contributed by atoms with Crippen LogP contribution >= 0.6 is 0 Å². The summed E-state index contributed by atoms with van der Waals surface area (Å²) >= 11 is 0. The predicted octanol–water partition coefficient (Wildman–Crippen LogP) is 1.14. The molecule has 0 aliphatic carbocycles. The zero-order valence-electron chi connectivity index (χ0n) is 7.85. The van der Waals surface area contributed by atoms with E-state index in [-0.39, 0.29) is 11.9 Å². The van der Waals surface area contributed by atoms with E-state index in [9.17, 15) is 5.11 Å². The number of hydrogen-bond acceptors (Lipinski definition) is 3. The van der Waals surface area contributed by atoms with E-state index in [2.05, 4.69) is 12.0 Å². The van der Waals surface area contributed by atoms with Crippen LogP contribution in [0.5, 0.6) is 5.75 Å². The van der Waals surface area contributed by atoms with Crippen LogP contribution in [0.3, 0.4) is 0 Å². The first kappa shape index (κ1) is 10.1. The van der Waals surface area contributed by atoms with Crippen LogP contribution in [0.15, 0.2) is 12.4 Å². The number of aromatic nitrogens is 2. The summed E-state index contributed by atoms with van der Waals surface area (Å²) in [6.07, 6.45) is 5.41. The molecule has 0 aliphatic rings. The number of hydrogen-bond donors (Lipinski definition) is 2. The molecule has 0 fully saturated rings. The molecule has 0 bridgehead atoms. The maximum atomic E-state index is 9.50. The highest BCUT2D eigenvalue weighted by Gasteiger charge is 2.05. The third kappa shape index (κ3) is 3.46. The summed E-state index contributed by atoms with van der Waals surface area (Å²) in [4.78, 5) is 0. The van der Waals surface area contributed by atoms with Gasteiger partial charge in [0.25, 0.3) is 0 Å². The Morgan fingerprint density at radius 2 is 2.38 bits per heavy atom. The van der Waals surface area contributed by atoms with Crippen molar-refractivity contribution in [3.8, 4) is 5.75 Å². The number of aromatic hydroxyl groups is 1. The van der Waals surface area contributed by atoms with Crippen molar-refractivity contribution >= 4 is 0 Å². The van der Waals surface area contributed by atoms with Crippen LogP contribution in [-0.4, -0.2) is 26.1 Å². The molecular formula is C9H16N2O2. The van der Waals surface area contributed by atoms with Crippen molar-refractivity contribution in [2.75, 3.05) is 0 Å². The van der Waals surface area contributed by atoms with Gasteiger partial charge in [-0.15, -0.1) is 0 Å². The van der Waals surface area contributed by atoms with Crippen LogP contribution in [-0.2, 0) is 6.54 Å². The van der Waals surface area contributed by atoms with E-state index in [1.54, 1.807) is 4.68 Å². The topological polar surface area (TPSA) is 58.3 Å². The lowest BCUT2D eigenvalue weighted by atomic mass is 10.2. The Morgan fingerprint density at radius 3 is 2.92 bits per heavy atom. The van der Waals surface area contributed by atoms with Gasteiger partial charge in [-0.05, 0) is 6.42 Å². The molecule has 0 spiro atoms. The molecule has 0 saturated carbocycles. The van der Waals surface area contributed by atoms with Crippen LogP contribution < -0.4 is 0 Å². The van der Waals surface area contributed by atoms with Gasteiger partial charge in [-0.1, -0.05) is 19.8 Å². The minimum absolute atomic E-state index is 0.141. The van der Waals surface area contributed by atoms with E-state index in [0.29, 0.717) is 6.54 Å². The summed E-state index contributed by atoms with van der Waals surface area (Å²) in [5.41, 5.74) is 0. The summed E-state index contributed by atoms with van der Waals surface area (Å²) in [5, 5.41) is 22.3. The van der Waals surface area contributed by atoms with Gasteiger partial charge in [0.15, 0.2) is 5.75 Å². The lowest BCUT2D eigenvalue weighted by Crippen LogP contribution is -2.15. The van der Waals surface area contributed by atoms with Gasteiger partial charge in [-0.3, -0.25) is 4.68 Å². The van der Waals surface area contributed by atoms with Crippen molar-refractivity contribution < 1.29 is 10.2 Å². The van der Waals surface area contributed by atoms with Crippen molar-refractivity contribution in [1.29, 1.82) is 0 Å². The Balaban J connectivity index is 2.31. The third-order valence-corrected chi connectivity index (χ3v) is 1.91. The van der Waals surface area contributed by atoms with Crippen LogP contribution in [0.25, 0.3) is 0 Å². The average molecular weight is 184 g/mol. The zero-order valence-corrected chi connectivity index (χ0v) is 7.85. The molecule has 4 nitrogen and oxygen atoms in total. The molecule has 1 aromatic rings. The monoisotopic (exact) mass is 184 g/mol. The molecule has 74 valence electrons. The predicted molar refractivity (Wildman–Crippen MR) is 49.4 cm³/mol. The van der Waals surface area contributed by atoms with Gasteiger partial charge in [-0.2, -0.15) is 5.10 Å². The first-order valence-corrected chi connectivity index (χ1v) is 4.62. The van der Waals surface area contributed by atoms with Gasteiger partial charge >= 0.3 is 0 Å². The summed E-state index contributed by atoms with van der Waals surface area (Å²) in [6, 6.07) is 0. The minimum Gasteiger partial charge on any atom is -0.505 e. The normalized spacial score (nSPS) is 13.1. The zero-order chi connectivity index (χ0) is 9.68. The molecule has 0 amide bonds. The smallest absolute Gasteiger partial charge is 0.153 e. The second-order valence-corrected chi connectivity index (χ2v) is 3.22. The molecular weight excluding hydrogens is 168 g/mol. The largest absolute Gasteiger partial charge is 0.505 e. The minimum atomic E-state index is -0.362. The van der Waals surface area contributed by atoms with Crippen molar-refractivity contribution in [2.45, 2.75) is 38.8 Å². The molecule has 1 atom stereocenters. The first-order valence-electron chi connectivity index (χ1n) is 4.62. The number of rotatable bonds is 5. The van der Waals surface area contributed by atoms with Gasteiger partial charge in [0.05, 0.1) is 25.0 Å². The summed E-state index contributed by atoms with van der Waals surface area (Å²) < 4.78 is 1.55. The number of aliphatic hydroxyl groups is 1. The number of unbranched alkanes of at least 4 members (excludes halogenated alkanes) is 1. The quantitative estimate of drug-likeness (QED) is 0.721. The van der Waals surface area contributed by atoms with Crippen molar-refractivity contribution in [3.63, 3.8) is 0 Å². The second-order valence-electron chi connectivity index (χ2n) is 3.22.